The van der Waals surface area contributed by atoms with Crippen molar-refractivity contribution in [3.05, 3.63) is 58.8 Å². The van der Waals surface area contributed by atoms with E-state index in [0.717, 1.165) is 11.1 Å². The quantitative estimate of drug-likeness (QED) is 0.772. The lowest BCUT2D eigenvalue weighted by molar-refractivity contribution is 0.0952. The molecular formula is C17H17N3O3. The Morgan fingerprint density at radius 1 is 1.26 bits per heavy atom. The summed E-state index contributed by atoms with van der Waals surface area (Å²) in [6.45, 7) is 4.20. The number of amides is 1. The van der Waals surface area contributed by atoms with Crippen LogP contribution in [-0.2, 0) is 6.54 Å². The maximum atomic E-state index is 12.5. The monoisotopic (exact) mass is 311 g/mol. The summed E-state index contributed by atoms with van der Waals surface area (Å²) in [5.74, 6) is 0.779. The number of aromatic nitrogens is 1. The predicted molar refractivity (Wildman–Crippen MR) is 85.7 cm³/mol. The van der Waals surface area contributed by atoms with Gasteiger partial charge in [0.1, 0.15) is 11.3 Å². The normalized spacial score (nSPS) is 10.7. The van der Waals surface area contributed by atoms with Crippen molar-refractivity contribution in [3.63, 3.8) is 0 Å². The predicted octanol–water partition coefficient (Wildman–Crippen LogP) is 3.06. The van der Waals surface area contributed by atoms with Crippen molar-refractivity contribution in [1.82, 2.24) is 10.5 Å². The second-order valence-electron chi connectivity index (χ2n) is 5.35. The van der Waals surface area contributed by atoms with E-state index in [-0.39, 0.29) is 17.4 Å². The van der Waals surface area contributed by atoms with Gasteiger partial charge in [0.05, 0.1) is 0 Å². The molecule has 1 aromatic carbocycles. The Morgan fingerprint density at radius 2 is 2.09 bits per heavy atom. The molecule has 0 bridgehead atoms. The number of nitrogen functional groups attached to an aromatic ring is 1. The van der Waals surface area contributed by atoms with Crippen LogP contribution in [0.1, 0.15) is 27.2 Å². The van der Waals surface area contributed by atoms with Crippen LogP contribution in [0.3, 0.4) is 0 Å². The Hall–Kier alpha value is -3.02. The zero-order valence-corrected chi connectivity index (χ0v) is 12.9. The minimum absolute atomic E-state index is 0.0317. The van der Waals surface area contributed by atoms with Gasteiger partial charge in [-0.2, -0.15) is 0 Å². The van der Waals surface area contributed by atoms with Crippen LogP contribution in [0.15, 0.2) is 45.3 Å². The molecule has 0 atom stereocenters. The molecule has 0 saturated carbocycles. The largest absolute Gasteiger partial charge is 0.460 e. The summed E-state index contributed by atoms with van der Waals surface area (Å²) in [5.41, 5.74) is 8.37. The van der Waals surface area contributed by atoms with Gasteiger partial charge in [-0.1, -0.05) is 35.0 Å². The maximum absolute atomic E-state index is 12.5. The molecule has 0 aliphatic carbocycles. The van der Waals surface area contributed by atoms with Crippen molar-refractivity contribution in [3.8, 4) is 11.5 Å². The summed E-state index contributed by atoms with van der Waals surface area (Å²) in [4.78, 5) is 12.5. The van der Waals surface area contributed by atoms with E-state index >= 15 is 0 Å². The van der Waals surface area contributed by atoms with Gasteiger partial charge < -0.3 is 20.0 Å². The van der Waals surface area contributed by atoms with E-state index in [4.69, 9.17) is 14.7 Å². The molecule has 0 saturated heterocycles. The number of nitrogens with two attached hydrogens (primary N) is 1. The van der Waals surface area contributed by atoms with Gasteiger partial charge in [0.15, 0.2) is 11.5 Å². The highest BCUT2D eigenvalue weighted by Crippen LogP contribution is 2.28. The van der Waals surface area contributed by atoms with Crippen molar-refractivity contribution >= 4 is 11.8 Å². The molecule has 0 fully saturated rings. The first-order valence-corrected chi connectivity index (χ1v) is 7.20. The molecule has 23 heavy (non-hydrogen) atoms. The summed E-state index contributed by atoms with van der Waals surface area (Å²) < 4.78 is 10.5. The highest BCUT2D eigenvalue weighted by Gasteiger charge is 2.24. The number of hydrogen-bond acceptors (Lipinski definition) is 5. The zero-order chi connectivity index (χ0) is 16.4. The maximum Gasteiger partial charge on any atom is 0.259 e. The number of anilines is 1. The van der Waals surface area contributed by atoms with Crippen LogP contribution in [0.2, 0.25) is 0 Å². The Labute approximate surface area is 133 Å². The van der Waals surface area contributed by atoms with Crippen molar-refractivity contribution in [2.45, 2.75) is 20.4 Å². The van der Waals surface area contributed by atoms with Gasteiger partial charge in [0, 0.05) is 6.54 Å². The fourth-order valence-electron chi connectivity index (χ4n) is 2.35. The number of rotatable bonds is 4. The van der Waals surface area contributed by atoms with Crippen molar-refractivity contribution in [1.29, 1.82) is 0 Å². The summed E-state index contributed by atoms with van der Waals surface area (Å²) in [6.07, 6.45) is 0. The van der Waals surface area contributed by atoms with Gasteiger partial charge in [-0.15, -0.1) is 0 Å². The Balaban J connectivity index is 1.81. The van der Waals surface area contributed by atoms with Crippen LogP contribution in [0.4, 0.5) is 5.88 Å². The lowest BCUT2D eigenvalue weighted by atomic mass is 10.1. The number of nitrogens with zero attached hydrogens (tertiary/aromatic N) is 1. The molecule has 3 rings (SSSR count). The van der Waals surface area contributed by atoms with E-state index in [1.807, 2.05) is 38.1 Å². The van der Waals surface area contributed by atoms with Crippen LogP contribution >= 0.6 is 0 Å². The molecule has 0 unspecified atom stereocenters. The van der Waals surface area contributed by atoms with E-state index < -0.39 is 0 Å². The van der Waals surface area contributed by atoms with Gasteiger partial charge in [0.2, 0.25) is 5.88 Å². The molecule has 0 spiro atoms. The lowest BCUT2D eigenvalue weighted by Gasteiger charge is -2.06. The van der Waals surface area contributed by atoms with Crippen LogP contribution in [0, 0.1) is 13.8 Å². The number of nitrogens with one attached hydrogen (secondary N) is 1. The average molecular weight is 311 g/mol. The molecule has 3 N–H and O–H groups in total. The zero-order valence-electron chi connectivity index (χ0n) is 12.9. The summed E-state index contributed by atoms with van der Waals surface area (Å²) in [7, 11) is 0. The third-order valence-electron chi connectivity index (χ3n) is 3.45. The summed E-state index contributed by atoms with van der Waals surface area (Å²) in [6, 6.07) is 11.4. The topological polar surface area (TPSA) is 94.3 Å². The van der Waals surface area contributed by atoms with E-state index in [1.165, 1.54) is 0 Å². The van der Waals surface area contributed by atoms with E-state index in [0.29, 0.717) is 23.8 Å². The molecule has 1 amide bonds. The third kappa shape index (κ3) is 3.11. The molecule has 2 aromatic heterocycles. The minimum Gasteiger partial charge on any atom is -0.460 e. The van der Waals surface area contributed by atoms with Gasteiger partial charge in [0.25, 0.3) is 5.91 Å². The van der Waals surface area contributed by atoms with Crippen LogP contribution in [0.5, 0.6) is 0 Å². The summed E-state index contributed by atoms with van der Waals surface area (Å²) in [5, 5.41) is 6.66. The SMILES string of the molecule is Cc1cccc(CNC(=O)c2c(-c3ccc(C)o3)noc2N)c1. The van der Waals surface area contributed by atoms with Crippen molar-refractivity contribution in [2.24, 2.45) is 0 Å². The van der Waals surface area contributed by atoms with E-state index in [2.05, 4.69) is 10.5 Å². The van der Waals surface area contributed by atoms with E-state index in [1.54, 1.807) is 12.1 Å². The number of furan rings is 1. The Bertz CT molecular complexity index is 848. The fraction of sp³-hybridized carbons (Fsp3) is 0.176. The highest BCUT2D eigenvalue weighted by atomic mass is 16.5. The molecule has 0 aliphatic rings. The number of carbonyl (C=O) groups excluding carboxylic acids is 1. The lowest BCUT2D eigenvalue weighted by Crippen LogP contribution is -2.23. The molecular weight excluding hydrogens is 294 g/mol. The van der Waals surface area contributed by atoms with Gasteiger partial charge >= 0.3 is 0 Å². The summed E-state index contributed by atoms with van der Waals surface area (Å²) >= 11 is 0. The molecule has 2 heterocycles. The highest BCUT2D eigenvalue weighted by molar-refractivity contribution is 6.03. The first-order valence-electron chi connectivity index (χ1n) is 7.20. The minimum atomic E-state index is -0.352. The Kier molecular flexibility index (Phi) is 3.89. The number of hydrogen-bond donors (Lipinski definition) is 2. The standard InChI is InChI=1S/C17H17N3O3/c1-10-4-3-5-12(8-10)9-19-17(21)14-15(20-23-16(14)18)13-7-6-11(2)22-13/h3-8H,9,18H2,1-2H3,(H,19,21). The van der Waals surface area contributed by atoms with Gasteiger partial charge in [-0.25, -0.2) is 0 Å². The molecule has 0 aliphatic heterocycles. The molecule has 6 nitrogen and oxygen atoms in total. The molecule has 0 radical (unpaired) electrons. The van der Waals surface area contributed by atoms with Gasteiger partial charge in [-0.05, 0) is 31.5 Å². The van der Waals surface area contributed by atoms with E-state index in [9.17, 15) is 4.79 Å². The van der Waals surface area contributed by atoms with Crippen molar-refractivity contribution in [2.75, 3.05) is 5.73 Å². The van der Waals surface area contributed by atoms with Crippen LogP contribution in [0.25, 0.3) is 11.5 Å². The first-order chi connectivity index (χ1) is 11.0. The van der Waals surface area contributed by atoms with Gasteiger partial charge in [-0.3, -0.25) is 4.79 Å². The number of benzene rings is 1. The molecule has 6 heteroatoms. The number of carbonyl (C=O) groups is 1. The van der Waals surface area contributed by atoms with Crippen LogP contribution in [-0.4, -0.2) is 11.1 Å². The Morgan fingerprint density at radius 3 is 2.78 bits per heavy atom. The average Bonchev–Trinajstić information content (AvgIpc) is 3.11. The van der Waals surface area contributed by atoms with Crippen LogP contribution < -0.4 is 11.1 Å². The molecule has 3 aromatic rings. The number of aryl methyl sites for hydroxylation is 2. The third-order valence-corrected chi connectivity index (χ3v) is 3.45. The fourth-order valence-corrected chi connectivity index (χ4v) is 2.35. The first kappa shape index (κ1) is 14.9. The smallest absolute Gasteiger partial charge is 0.259 e. The molecule has 118 valence electrons. The second-order valence-corrected chi connectivity index (χ2v) is 5.35. The van der Waals surface area contributed by atoms with Crippen molar-refractivity contribution < 1.29 is 13.7 Å². The second kappa shape index (κ2) is 6.00.